The molecule has 2 rings (SSSR count). The van der Waals surface area contributed by atoms with E-state index in [-0.39, 0.29) is 24.2 Å². The van der Waals surface area contributed by atoms with Crippen molar-refractivity contribution in [3.05, 3.63) is 65.0 Å². The van der Waals surface area contributed by atoms with E-state index < -0.39 is 11.8 Å². The van der Waals surface area contributed by atoms with Gasteiger partial charge in [-0.3, -0.25) is 4.79 Å². The van der Waals surface area contributed by atoms with Crippen molar-refractivity contribution in [2.75, 3.05) is 0 Å². The first-order chi connectivity index (χ1) is 10.1. The summed E-state index contributed by atoms with van der Waals surface area (Å²) in [4.78, 5) is 10.8. The van der Waals surface area contributed by atoms with Crippen LogP contribution < -0.4 is 4.74 Å². The van der Waals surface area contributed by atoms with E-state index >= 15 is 0 Å². The summed E-state index contributed by atoms with van der Waals surface area (Å²) in [5.74, 6) is -1.19. The number of hydrogen-bond acceptors (Lipinski definition) is 3. The van der Waals surface area contributed by atoms with Gasteiger partial charge in [-0.1, -0.05) is 30.3 Å². The van der Waals surface area contributed by atoms with Crippen molar-refractivity contribution in [1.29, 1.82) is 5.26 Å². The number of nitriles is 1. The van der Waals surface area contributed by atoms with E-state index in [1.165, 1.54) is 12.1 Å². The zero-order chi connectivity index (χ0) is 15.2. The summed E-state index contributed by atoms with van der Waals surface area (Å²) in [6.45, 7) is -0.0714. The summed E-state index contributed by atoms with van der Waals surface area (Å²) in [6, 6.07) is 12.9. The Bertz CT molecular complexity index is 707. The van der Waals surface area contributed by atoms with Gasteiger partial charge in [-0.25, -0.2) is 4.39 Å². The van der Waals surface area contributed by atoms with Crippen molar-refractivity contribution in [2.45, 2.75) is 13.0 Å². The fraction of sp³-hybridized carbons (Fsp3) is 0.125. The third-order valence-electron chi connectivity index (χ3n) is 2.90. The molecular weight excluding hydrogens is 273 g/mol. The van der Waals surface area contributed by atoms with E-state index in [0.29, 0.717) is 11.3 Å². The smallest absolute Gasteiger partial charge is 0.307 e. The molecule has 4 nitrogen and oxygen atoms in total. The van der Waals surface area contributed by atoms with Gasteiger partial charge in [-0.2, -0.15) is 5.26 Å². The van der Waals surface area contributed by atoms with Gasteiger partial charge in [0.1, 0.15) is 24.2 Å². The van der Waals surface area contributed by atoms with Crippen LogP contribution >= 0.6 is 0 Å². The van der Waals surface area contributed by atoms with Crippen LogP contribution in [-0.2, 0) is 17.8 Å². The van der Waals surface area contributed by atoms with Crippen LogP contribution in [0.2, 0.25) is 0 Å². The van der Waals surface area contributed by atoms with Gasteiger partial charge in [-0.05, 0) is 12.1 Å². The van der Waals surface area contributed by atoms with Gasteiger partial charge in [0, 0.05) is 11.1 Å². The van der Waals surface area contributed by atoms with Gasteiger partial charge in [0.2, 0.25) is 0 Å². The molecule has 0 unspecified atom stereocenters. The molecule has 2 aromatic rings. The Morgan fingerprint density at radius 2 is 1.90 bits per heavy atom. The minimum absolute atomic E-state index is 0.0464. The Morgan fingerprint density at radius 3 is 2.62 bits per heavy atom. The lowest BCUT2D eigenvalue weighted by Gasteiger charge is -2.11. The van der Waals surface area contributed by atoms with E-state index in [1.54, 1.807) is 36.4 Å². The molecule has 0 aliphatic rings. The van der Waals surface area contributed by atoms with Crippen LogP contribution in [-0.4, -0.2) is 11.1 Å². The van der Waals surface area contributed by atoms with Gasteiger partial charge < -0.3 is 9.84 Å². The van der Waals surface area contributed by atoms with E-state index in [1.807, 2.05) is 0 Å². The third kappa shape index (κ3) is 3.57. The molecule has 0 spiro atoms. The van der Waals surface area contributed by atoms with Gasteiger partial charge in [0.05, 0.1) is 12.0 Å². The maximum absolute atomic E-state index is 13.9. The zero-order valence-corrected chi connectivity index (χ0v) is 11.0. The van der Waals surface area contributed by atoms with E-state index in [2.05, 4.69) is 0 Å². The molecule has 0 heterocycles. The lowest BCUT2D eigenvalue weighted by atomic mass is 10.1. The topological polar surface area (TPSA) is 70.3 Å². The van der Waals surface area contributed by atoms with E-state index in [9.17, 15) is 9.18 Å². The maximum Gasteiger partial charge on any atom is 0.307 e. The molecule has 0 atom stereocenters. The molecule has 0 aliphatic heterocycles. The van der Waals surface area contributed by atoms with Crippen LogP contribution in [0.15, 0.2) is 42.5 Å². The molecule has 0 bridgehead atoms. The number of para-hydroxylation sites is 1. The lowest BCUT2D eigenvalue weighted by Crippen LogP contribution is -2.05. The number of carbonyl (C=O) groups is 1. The highest BCUT2D eigenvalue weighted by molar-refractivity contribution is 5.71. The molecule has 1 N–H and O–H groups in total. The average molecular weight is 285 g/mol. The highest BCUT2D eigenvalue weighted by atomic mass is 19.1. The second-order valence-electron chi connectivity index (χ2n) is 4.36. The Morgan fingerprint density at radius 1 is 1.19 bits per heavy atom. The quantitative estimate of drug-likeness (QED) is 0.917. The van der Waals surface area contributed by atoms with Crippen molar-refractivity contribution in [2.24, 2.45) is 0 Å². The highest BCUT2D eigenvalue weighted by Crippen LogP contribution is 2.21. The molecule has 0 aliphatic carbocycles. The SMILES string of the molecule is N#Cc1cccc(COc2ccccc2CC(=O)O)c1F. The fourth-order valence-corrected chi connectivity index (χ4v) is 1.89. The standard InChI is InChI=1S/C16H12FNO3/c17-16-12(9-18)5-3-6-13(16)10-21-14-7-2-1-4-11(14)8-15(19)20/h1-7H,8,10H2,(H,19,20). The van der Waals surface area contributed by atoms with Crippen LogP contribution in [0.3, 0.4) is 0 Å². The van der Waals surface area contributed by atoms with Crippen molar-refractivity contribution < 1.29 is 19.0 Å². The van der Waals surface area contributed by atoms with Gasteiger partial charge in [0.15, 0.2) is 0 Å². The number of rotatable bonds is 5. The molecule has 21 heavy (non-hydrogen) atoms. The summed E-state index contributed by atoms with van der Waals surface area (Å²) in [6.07, 6.45) is -0.170. The molecule has 0 fully saturated rings. The second-order valence-corrected chi connectivity index (χ2v) is 4.36. The third-order valence-corrected chi connectivity index (χ3v) is 2.90. The first-order valence-electron chi connectivity index (χ1n) is 6.22. The number of nitrogens with zero attached hydrogens (tertiary/aromatic N) is 1. The van der Waals surface area contributed by atoms with Crippen molar-refractivity contribution in [3.63, 3.8) is 0 Å². The van der Waals surface area contributed by atoms with Crippen LogP contribution in [0.25, 0.3) is 0 Å². The molecule has 0 aromatic heterocycles. The first kappa shape index (κ1) is 14.5. The van der Waals surface area contributed by atoms with Gasteiger partial charge >= 0.3 is 5.97 Å². The molecule has 2 aromatic carbocycles. The first-order valence-corrected chi connectivity index (χ1v) is 6.22. The number of aliphatic carboxylic acids is 1. The van der Waals surface area contributed by atoms with E-state index in [4.69, 9.17) is 15.1 Å². The Labute approximate surface area is 121 Å². The van der Waals surface area contributed by atoms with Crippen LogP contribution in [0.5, 0.6) is 5.75 Å². The van der Waals surface area contributed by atoms with Crippen LogP contribution in [0.4, 0.5) is 4.39 Å². The number of carboxylic acid groups (broad SMARTS) is 1. The summed E-state index contributed by atoms with van der Waals surface area (Å²) in [7, 11) is 0. The number of hydrogen-bond donors (Lipinski definition) is 1. The summed E-state index contributed by atoms with van der Waals surface area (Å²) in [5, 5.41) is 17.6. The van der Waals surface area contributed by atoms with Crippen molar-refractivity contribution in [1.82, 2.24) is 0 Å². The maximum atomic E-state index is 13.9. The average Bonchev–Trinajstić information content (AvgIpc) is 2.47. The van der Waals surface area contributed by atoms with Crippen LogP contribution in [0, 0.1) is 17.1 Å². The molecular formula is C16H12FNO3. The molecule has 0 amide bonds. The Hall–Kier alpha value is -2.87. The van der Waals surface area contributed by atoms with Crippen molar-refractivity contribution >= 4 is 5.97 Å². The predicted octanol–water partition coefficient (Wildman–Crippen LogP) is 2.90. The van der Waals surface area contributed by atoms with E-state index in [0.717, 1.165) is 0 Å². The minimum atomic E-state index is -0.969. The lowest BCUT2D eigenvalue weighted by molar-refractivity contribution is -0.136. The largest absolute Gasteiger partial charge is 0.488 e. The fourth-order valence-electron chi connectivity index (χ4n) is 1.89. The van der Waals surface area contributed by atoms with Crippen LogP contribution in [0.1, 0.15) is 16.7 Å². The number of ether oxygens (including phenoxy) is 1. The zero-order valence-electron chi connectivity index (χ0n) is 11.0. The Balaban J connectivity index is 2.18. The monoisotopic (exact) mass is 285 g/mol. The summed E-state index contributed by atoms with van der Waals surface area (Å²) >= 11 is 0. The molecule has 106 valence electrons. The molecule has 0 saturated carbocycles. The van der Waals surface area contributed by atoms with Gasteiger partial charge in [-0.15, -0.1) is 0 Å². The minimum Gasteiger partial charge on any atom is -0.488 e. The summed E-state index contributed by atoms with van der Waals surface area (Å²) in [5.41, 5.74) is 0.718. The normalized spacial score (nSPS) is 9.90. The Kier molecular flexibility index (Phi) is 4.52. The predicted molar refractivity (Wildman–Crippen MR) is 73.2 cm³/mol. The number of carboxylic acids is 1. The molecule has 0 saturated heterocycles. The highest BCUT2D eigenvalue weighted by Gasteiger charge is 2.11. The second kappa shape index (κ2) is 6.53. The molecule has 0 radical (unpaired) electrons. The van der Waals surface area contributed by atoms with Gasteiger partial charge in [0.25, 0.3) is 0 Å². The summed E-state index contributed by atoms with van der Waals surface area (Å²) < 4.78 is 19.4. The molecule has 5 heteroatoms. The van der Waals surface area contributed by atoms with Crippen molar-refractivity contribution in [3.8, 4) is 11.8 Å². The number of benzene rings is 2. The number of halogens is 1.